The molecule has 7 nitrogen and oxygen atoms in total. The van der Waals surface area contributed by atoms with E-state index in [1.54, 1.807) is 54.6 Å². The number of phenols is 1. The monoisotopic (exact) mass is 604 g/mol. The Morgan fingerprint density at radius 2 is 1.24 bits per heavy atom. The van der Waals surface area contributed by atoms with Crippen molar-refractivity contribution < 1.29 is 24.3 Å². The van der Waals surface area contributed by atoms with Gasteiger partial charge in [-0.25, -0.2) is 0 Å². The molecule has 4 aromatic rings. The van der Waals surface area contributed by atoms with Crippen molar-refractivity contribution in [2.24, 2.45) is 0 Å². The Kier molecular flexibility index (Phi) is 10.4. The van der Waals surface area contributed by atoms with Crippen LogP contribution in [0.25, 0.3) is 10.8 Å². The van der Waals surface area contributed by atoms with Crippen molar-refractivity contribution in [2.45, 2.75) is 71.1 Å². The Hall–Kier alpha value is -4.78. The van der Waals surface area contributed by atoms with E-state index in [2.05, 4.69) is 17.6 Å². The van der Waals surface area contributed by atoms with Gasteiger partial charge in [0.15, 0.2) is 11.6 Å². The Morgan fingerprint density at radius 3 is 1.93 bits per heavy atom. The van der Waals surface area contributed by atoms with Crippen molar-refractivity contribution in [1.29, 1.82) is 0 Å². The lowest BCUT2D eigenvalue weighted by atomic mass is 9.84. The van der Waals surface area contributed by atoms with Crippen LogP contribution in [-0.4, -0.2) is 35.0 Å². The number of unbranched alkanes of at least 4 members (excludes halogenated alkanes) is 9. The van der Waals surface area contributed by atoms with Crippen molar-refractivity contribution in [3.63, 3.8) is 0 Å². The molecular formula is C38H40N2O5. The molecule has 0 bridgehead atoms. The molecule has 0 radical (unpaired) electrons. The lowest BCUT2D eigenvalue weighted by molar-refractivity contribution is 0.0951. The molecule has 7 heteroatoms. The first-order valence-corrected chi connectivity index (χ1v) is 16.1. The summed E-state index contributed by atoms with van der Waals surface area (Å²) in [7, 11) is 0. The van der Waals surface area contributed by atoms with E-state index in [1.165, 1.54) is 69.6 Å². The second-order valence-corrected chi connectivity index (χ2v) is 11.8. The maximum absolute atomic E-state index is 13.2. The number of hydrogen-bond donors (Lipinski definition) is 3. The fourth-order valence-electron chi connectivity index (χ4n) is 5.90. The molecule has 0 aromatic heterocycles. The Balaban J connectivity index is 1.18. The zero-order valence-electron chi connectivity index (χ0n) is 25.8. The number of aromatic hydroxyl groups is 1. The van der Waals surface area contributed by atoms with Crippen molar-refractivity contribution in [1.82, 2.24) is 5.32 Å². The van der Waals surface area contributed by atoms with Crippen LogP contribution in [0.2, 0.25) is 0 Å². The summed E-state index contributed by atoms with van der Waals surface area (Å²) < 4.78 is 0. The predicted molar refractivity (Wildman–Crippen MR) is 177 cm³/mol. The molecule has 0 saturated carbocycles. The topological polar surface area (TPSA) is 113 Å². The number of ketones is 2. The van der Waals surface area contributed by atoms with Crippen LogP contribution in [0.1, 0.15) is 124 Å². The van der Waals surface area contributed by atoms with E-state index < -0.39 is 5.91 Å². The van der Waals surface area contributed by atoms with Gasteiger partial charge < -0.3 is 15.7 Å². The van der Waals surface area contributed by atoms with Crippen LogP contribution in [0.3, 0.4) is 0 Å². The second kappa shape index (κ2) is 14.8. The molecule has 0 heterocycles. The molecule has 0 saturated heterocycles. The highest BCUT2D eigenvalue weighted by Crippen LogP contribution is 2.31. The third-order valence-corrected chi connectivity index (χ3v) is 8.46. The number of phenolic OH excluding ortho intramolecular Hbond substituents is 1. The average Bonchev–Trinajstić information content (AvgIpc) is 3.05. The van der Waals surface area contributed by atoms with Gasteiger partial charge in [0.2, 0.25) is 0 Å². The maximum Gasteiger partial charge on any atom is 0.259 e. The third kappa shape index (κ3) is 7.48. The molecule has 0 fully saturated rings. The zero-order valence-corrected chi connectivity index (χ0v) is 25.8. The van der Waals surface area contributed by atoms with Crippen molar-refractivity contribution in [2.75, 3.05) is 11.9 Å². The molecule has 0 atom stereocenters. The number of nitrogens with one attached hydrogen (secondary N) is 2. The molecule has 4 aromatic carbocycles. The first-order chi connectivity index (χ1) is 21.9. The SMILES string of the molecule is CCCCCCCCCCCCNC(=O)c1ccc2cc(O)c(C(=O)Nc3ccc4c(c3)C(=O)c3ccccc3C4=O)cc2c1. The van der Waals surface area contributed by atoms with Gasteiger partial charge in [-0.15, -0.1) is 0 Å². The molecule has 2 amide bonds. The van der Waals surface area contributed by atoms with E-state index in [0.717, 1.165) is 12.8 Å². The maximum atomic E-state index is 13.2. The molecule has 0 unspecified atom stereocenters. The summed E-state index contributed by atoms with van der Waals surface area (Å²) >= 11 is 0. The van der Waals surface area contributed by atoms with Crippen molar-refractivity contribution >= 4 is 39.8 Å². The average molecular weight is 605 g/mol. The highest BCUT2D eigenvalue weighted by atomic mass is 16.3. The van der Waals surface area contributed by atoms with Crippen molar-refractivity contribution in [3.05, 3.63) is 106 Å². The first kappa shape index (κ1) is 31.6. The zero-order chi connectivity index (χ0) is 31.8. The van der Waals surface area contributed by atoms with Crippen LogP contribution in [0.5, 0.6) is 5.75 Å². The molecule has 0 spiro atoms. The van der Waals surface area contributed by atoms with Crippen LogP contribution >= 0.6 is 0 Å². The number of amides is 2. The number of carbonyl (C=O) groups excluding carboxylic acids is 4. The van der Waals surface area contributed by atoms with Gasteiger partial charge >= 0.3 is 0 Å². The van der Waals surface area contributed by atoms with Gasteiger partial charge in [-0.1, -0.05) is 95.0 Å². The summed E-state index contributed by atoms with van der Waals surface area (Å²) in [5.41, 5.74) is 2.00. The largest absolute Gasteiger partial charge is 0.507 e. The third-order valence-electron chi connectivity index (χ3n) is 8.46. The van der Waals surface area contributed by atoms with Crippen LogP contribution in [0, 0.1) is 0 Å². The van der Waals surface area contributed by atoms with Gasteiger partial charge in [0.05, 0.1) is 5.56 Å². The smallest absolute Gasteiger partial charge is 0.259 e. The number of carbonyl (C=O) groups is 4. The minimum atomic E-state index is -0.583. The molecular weight excluding hydrogens is 564 g/mol. The number of hydrogen-bond acceptors (Lipinski definition) is 5. The number of anilines is 1. The van der Waals surface area contributed by atoms with E-state index in [-0.39, 0.29) is 39.9 Å². The fourth-order valence-corrected chi connectivity index (χ4v) is 5.90. The molecule has 5 rings (SSSR count). The summed E-state index contributed by atoms with van der Waals surface area (Å²) in [5.74, 6) is -1.50. The summed E-state index contributed by atoms with van der Waals surface area (Å²) in [6, 6.07) is 19.4. The van der Waals surface area contributed by atoms with Gasteiger partial charge in [-0.2, -0.15) is 0 Å². The van der Waals surface area contributed by atoms with E-state index in [0.29, 0.717) is 39.7 Å². The number of benzene rings is 4. The van der Waals surface area contributed by atoms with E-state index in [9.17, 15) is 24.3 Å². The van der Waals surface area contributed by atoms with Crippen molar-refractivity contribution in [3.8, 4) is 5.75 Å². The van der Waals surface area contributed by atoms with E-state index in [1.807, 2.05) is 0 Å². The van der Waals surface area contributed by atoms with Gasteiger partial charge in [-0.3, -0.25) is 19.2 Å². The van der Waals surface area contributed by atoms with Gasteiger partial charge in [0, 0.05) is 40.0 Å². The van der Waals surface area contributed by atoms with Gasteiger partial charge in [0.25, 0.3) is 11.8 Å². The molecule has 1 aliphatic carbocycles. The summed E-state index contributed by atoms with van der Waals surface area (Å²) in [6.45, 7) is 2.84. The fraction of sp³-hybridized carbons (Fsp3) is 0.316. The van der Waals surface area contributed by atoms with Crippen LogP contribution in [0.15, 0.2) is 72.8 Å². The Morgan fingerprint density at radius 1 is 0.622 bits per heavy atom. The lowest BCUT2D eigenvalue weighted by Gasteiger charge is -2.18. The molecule has 232 valence electrons. The highest BCUT2D eigenvalue weighted by molar-refractivity contribution is 6.28. The molecule has 45 heavy (non-hydrogen) atoms. The number of rotatable bonds is 14. The highest BCUT2D eigenvalue weighted by Gasteiger charge is 2.29. The van der Waals surface area contributed by atoms with Gasteiger partial charge in [0.1, 0.15) is 5.75 Å². The van der Waals surface area contributed by atoms with Crippen LogP contribution in [0.4, 0.5) is 5.69 Å². The van der Waals surface area contributed by atoms with Crippen LogP contribution in [-0.2, 0) is 0 Å². The molecule has 1 aliphatic rings. The lowest BCUT2D eigenvalue weighted by Crippen LogP contribution is -2.24. The quantitative estimate of drug-likeness (QED) is 0.111. The summed E-state index contributed by atoms with van der Waals surface area (Å²) in [5, 5.41) is 17.7. The van der Waals surface area contributed by atoms with Gasteiger partial charge in [-0.05, 0) is 59.7 Å². The van der Waals surface area contributed by atoms with Crippen LogP contribution < -0.4 is 10.6 Å². The Labute approximate surface area is 264 Å². The summed E-state index contributed by atoms with van der Waals surface area (Å²) in [4.78, 5) is 52.1. The van der Waals surface area contributed by atoms with E-state index >= 15 is 0 Å². The predicted octanol–water partition coefficient (Wildman–Crippen LogP) is 8.22. The number of fused-ring (bicyclic) bond motifs is 3. The summed E-state index contributed by atoms with van der Waals surface area (Å²) in [6.07, 6.45) is 12.3. The normalized spacial score (nSPS) is 12.1. The molecule has 0 aliphatic heterocycles. The van der Waals surface area contributed by atoms with E-state index in [4.69, 9.17) is 0 Å². The Bertz CT molecular complexity index is 1740. The standard InChI is InChI=1S/C38H40N2O5/c1-2-3-4-5-6-7-8-9-10-13-20-39-37(44)26-17-16-25-23-34(41)33(22-27(25)21-26)38(45)40-28-18-19-31-32(24-28)36(43)30-15-12-11-14-29(30)35(31)42/h11-12,14-19,21-24,41H,2-10,13,20H2,1H3,(H,39,44)(H,40,45). The second-order valence-electron chi connectivity index (χ2n) is 11.8. The first-order valence-electron chi connectivity index (χ1n) is 16.1. The molecule has 3 N–H and O–H groups in total. The minimum absolute atomic E-state index is 0.0240. The minimum Gasteiger partial charge on any atom is -0.507 e.